The van der Waals surface area contributed by atoms with Crippen molar-refractivity contribution in [2.45, 2.75) is 25.7 Å². The topological polar surface area (TPSA) is 74.3 Å². The highest BCUT2D eigenvalue weighted by Gasteiger charge is 2.20. The zero-order valence-corrected chi connectivity index (χ0v) is 15.2. The Morgan fingerprint density at radius 1 is 1.12 bits per heavy atom. The summed E-state index contributed by atoms with van der Waals surface area (Å²) < 4.78 is 0. The highest BCUT2D eigenvalue weighted by Crippen LogP contribution is 2.20. The lowest BCUT2D eigenvalue weighted by molar-refractivity contribution is 0.0756. The van der Waals surface area contributed by atoms with Gasteiger partial charge in [0.1, 0.15) is 5.69 Å². The van der Waals surface area contributed by atoms with Crippen molar-refractivity contribution in [2.24, 2.45) is 0 Å². The lowest BCUT2D eigenvalue weighted by Crippen LogP contribution is -2.32. The van der Waals surface area contributed by atoms with Gasteiger partial charge in [-0.05, 0) is 31.0 Å². The number of halogens is 1. The average Bonchev–Trinajstić information content (AvgIpc) is 2.87. The van der Waals surface area contributed by atoms with Gasteiger partial charge < -0.3 is 10.2 Å². The Balaban J connectivity index is 1.59. The molecule has 1 aromatic heterocycles. The van der Waals surface area contributed by atoms with Crippen LogP contribution in [0.5, 0.6) is 0 Å². The first-order valence-corrected chi connectivity index (χ1v) is 9.46. The number of hydrogen-bond acceptors (Lipinski definition) is 4. The molecular formula is C17H19ClN4O2S. The zero-order chi connectivity index (χ0) is 17.6. The highest BCUT2D eigenvalue weighted by molar-refractivity contribution is 7.14. The molecule has 0 bridgehead atoms. The summed E-state index contributed by atoms with van der Waals surface area (Å²) in [5.74, 6) is -0.0681. The van der Waals surface area contributed by atoms with Gasteiger partial charge in [-0.25, -0.2) is 9.78 Å². The molecule has 0 saturated carbocycles. The number of likely N-dealkylation sites (tertiary alicyclic amines) is 1. The van der Waals surface area contributed by atoms with Gasteiger partial charge in [0.05, 0.1) is 0 Å². The molecule has 1 fully saturated rings. The Bertz CT molecular complexity index is 757. The van der Waals surface area contributed by atoms with Crippen LogP contribution in [0.4, 0.5) is 15.6 Å². The summed E-state index contributed by atoms with van der Waals surface area (Å²) in [5, 5.41) is 7.93. The lowest BCUT2D eigenvalue weighted by Gasteiger charge is -2.18. The van der Waals surface area contributed by atoms with Crippen molar-refractivity contribution in [3.05, 3.63) is 40.4 Å². The number of carbonyl (C=O) groups excluding carboxylic acids is 2. The summed E-state index contributed by atoms with van der Waals surface area (Å²) in [6.45, 7) is 1.54. The first-order chi connectivity index (χ1) is 12.1. The third-order valence-electron chi connectivity index (χ3n) is 3.92. The molecule has 3 amide bonds. The van der Waals surface area contributed by atoms with Crippen molar-refractivity contribution in [1.29, 1.82) is 0 Å². The van der Waals surface area contributed by atoms with Crippen LogP contribution in [0.2, 0.25) is 5.02 Å². The number of aromatic nitrogens is 1. The van der Waals surface area contributed by atoms with Crippen LogP contribution in [0.1, 0.15) is 36.2 Å². The third kappa shape index (κ3) is 4.93. The van der Waals surface area contributed by atoms with E-state index in [4.69, 9.17) is 11.6 Å². The summed E-state index contributed by atoms with van der Waals surface area (Å²) in [4.78, 5) is 30.6. The summed E-state index contributed by atoms with van der Waals surface area (Å²) in [6.07, 6.45) is 4.39. The highest BCUT2D eigenvalue weighted by atomic mass is 35.5. The number of urea groups is 1. The molecule has 1 aromatic carbocycles. The van der Waals surface area contributed by atoms with Crippen LogP contribution in [-0.4, -0.2) is 34.9 Å². The molecule has 0 radical (unpaired) electrons. The number of anilines is 2. The fraction of sp³-hybridized carbons (Fsp3) is 0.353. The van der Waals surface area contributed by atoms with E-state index in [1.807, 2.05) is 4.90 Å². The minimum absolute atomic E-state index is 0.0681. The number of benzene rings is 1. The second-order valence-corrected chi connectivity index (χ2v) is 7.13. The number of carbonyl (C=O) groups is 2. The van der Waals surface area contributed by atoms with Crippen LogP contribution in [0, 0.1) is 0 Å². The predicted molar refractivity (Wildman–Crippen MR) is 101 cm³/mol. The van der Waals surface area contributed by atoms with E-state index >= 15 is 0 Å². The van der Waals surface area contributed by atoms with E-state index in [1.165, 1.54) is 11.3 Å². The van der Waals surface area contributed by atoms with Gasteiger partial charge in [-0.15, -0.1) is 11.3 Å². The SMILES string of the molecule is O=C(Nc1cccc(Cl)c1)Nc1nc(C(=O)N2CCCCCC2)cs1. The zero-order valence-electron chi connectivity index (χ0n) is 13.6. The largest absolute Gasteiger partial charge is 0.337 e. The molecule has 0 spiro atoms. The molecule has 1 aliphatic heterocycles. The van der Waals surface area contributed by atoms with E-state index in [2.05, 4.69) is 15.6 Å². The van der Waals surface area contributed by atoms with Gasteiger partial charge >= 0.3 is 6.03 Å². The van der Waals surface area contributed by atoms with E-state index in [-0.39, 0.29) is 5.91 Å². The van der Waals surface area contributed by atoms with Gasteiger partial charge in [0, 0.05) is 29.2 Å². The molecule has 0 atom stereocenters. The fourth-order valence-corrected chi connectivity index (χ4v) is 3.56. The van der Waals surface area contributed by atoms with E-state index in [1.54, 1.807) is 29.6 Å². The minimum Gasteiger partial charge on any atom is -0.337 e. The lowest BCUT2D eigenvalue weighted by atomic mass is 10.2. The number of thiazole rings is 1. The van der Waals surface area contributed by atoms with Crippen LogP contribution in [0.25, 0.3) is 0 Å². The Kier molecular flexibility index (Phi) is 5.88. The van der Waals surface area contributed by atoms with Crippen molar-refractivity contribution in [1.82, 2.24) is 9.88 Å². The van der Waals surface area contributed by atoms with Crippen LogP contribution >= 0.6 is 22.9 Å². The standard InChI is InChI=1S/C17H19ClN4O2S/c18-12-6-5-7-13(10-12)19-16(24)21-17-20-14(11-25-17)15(23)22-8-3-1-2-4-9-22/h5-7,10-11H,1-4,8-9H2,(H2,19,20,21,24). The van der Waals surface area contributed by atoms with E-state index in [9.17, 15) is 9.59 Å². The van der Waals surface area contributed by atoms with Crippen molar-refractivity contribution in [2.75, 3.05) is 23.7 Å². The molecule has 3 rings (SSSR count). The molecule has 25 heavy (non-hydrogen) atoms. The van der Waals surface area contributed by atoms with Gasteiger partial charge in [0.15, 0.2) is 5.13 Å². The van der Waals surface area contributed by atoms with E-state index < -0.39 is 6.03 Å². The maximum absolute atomic E-state index is 12.5. The molecule has 1 saturated heterocycles. The maximum Gasteiger partial charge on any atom is 0.325 e. The van der Waals surface area contributed by atoms with Gasteiger partial charge in [-0.1, -0.05) is 30.5 Å². The number of amides is 3. The first-order valence-electron chi connectivity index (χ1n) is 8.20. The average molecular weight is 379 g/mol. The summed E-state index contributed by atoms with van der Waals surface area (Å²) >= 11 is 7.12. The minimum atomic E-state index is -0.426. The molecule has 6 nitrogen and oxygen atoms in total. The maximum atomic E-state index is 12.5. The van der Waals surface area contributed by atoms with Crippen molar-refractivity contribution in [3.8, 4) is 0 Å². The third-order valence-corrected chi connectivity index (χ3v) is 4.91. The van der Waals surface area contributed by atoms with Crippen molar-refractivity contribution >= 4 is 45.7 Å². The van der Waals surface area contributed by atoms with Gasteiger partial charge in [-0.3, -0.25) is 10.1 Å². The Labute approximate surface area is 155 Å². The Morgan fingerprint density at radius 3 is 2.60 bits per heavy atom. The smallest absolute Gasteiger partial charge is 0.325 e. The normalized spacial score (nSPS) is 14.7. The van der Waals surface area contributed by atoms with Crippen LogP contribution in [-0.2, 0) is 0 Å². The second-order valence-electron chi connectivity index (χ2n) is 5.83. The van der Waals surface area contributed by atoms with Crippen LogP contribution in [0.3, 0.4) is 0 Å². The second kappa shape index (κ2) is 8.31. The van der Waals surface area contributed by atoms with Gasteiger partial charge in [0.25, 0.3) is 5.91 Å². The summed E-state index contributed by atoms with van der Waals surface area (Å²) in [5.41, 5.74) is 0.965. The van der Waals surface area contributed by atoms with Crippen LogP contribution in [0.15, 0.2) is 29.6 Å². The molecule has 2 heterocycles. The first kappa shape index (κ1) is 17.7. The molecule has 0 unspecified atom stereocenters. The summed E-state index contributed by atoms with van der Waals surface area (Å²) in [6, 6.07) is 6.44. The van der Waals surface area contributed by atoms with Gasteiger partial charge in [0.2, 0.25) is 0 Å². The van der Waals surface area contributed by atoms with Crippen molar-refractivity contribution in [3.63, 3.8) is 0 Å². The molecule has 0 aliphatic carbocycles. The molecule has 2 aromatic rings. The Morgan fingerprint density at radius 2 is 1.88 bits per heavy atom. The molecule has 8 heteroatoms. The Hall–Kier alpha value is -2.12. The molecular weight excluding hydrogens is 360 g/mol. The molecule has 132 valence electrons. The number of hydrogen-bond donors (Lipinski definition) is 2. The van der Waals surface area contributed by atoms with Crippen molar-refractivity contribution < 1.29 is 9.59 Å². The van der Waals surface area contributed by atoms with Crippen LogP contribution < -0.4 is 10.6 Å². The quantitative estimate of drug-likeness (QED) is 0.828. The molecule has 1 aliphatic rings. The van der Waals surface area contributed by atoms with E-state index in [0.29, 0.717) is 21.5 Å². The number of nitrogens with one attached hydrogen (secondary N) is 2. The van der Waals surface area contributed by atoms with Gasteiger partial charge in [-0.2, -0.15) is 0 Å². The number of rotatable bonds is 3. The predicted octanol–water partition coefficient (Wildman–Crippen LogP) is 4.46. The molecule has 2 N–H and O–H groups in total. The summed E-state index contributed by atoms with van der Waals surface area (Å²) in [7, 11) is 0. The monoisotopic (exact) mass is 378 g/mol. The van der Waals surface area contributed by atoms with E-state index in [0.717, 1.165) is 38.8 Å². The fourth-order valence-electron chi connectivity index (χ4n) is 2.69. The number of nitrogens with zero attached hydrogens (tertiary/aromatic N) is 2.